The van der Waals surface area contributed by atoms with Gasteiger partial charge in [0.2, 0.25) is 0 Å². The van der Waals surface area contributed by atoms with Gasteiger partial charge in [0.25, 0.3) is 0 Å². The molecule has 0 amide bonds. The van der Waals surface area contributed by atoms with Gasteiger partial charge < -0.3 is 0 Å². The molecule has 0 unspecified atom stereocenters. The summed E-state index contributed by atoms with van der Waals surface area (Å²) in [6, 6.07) is 13.1. The zero-order valence-corrected chi connectivity index (χ0v) is 8.62. The van der Waals surface area contributed by atoms with Gasteiger partial charge in [0.1, 0.15) is 17.2 Å². The molecule has 0 aliphatic heterocycles. The lowest BCUT2D eigenvalue weighted by Crippen LogP contribution is -1.79. The van der Waals surface area contributed by atoms with Crippen molar-refractivity contribution in [3.63, 3.8) is 0 Å². The smallest absolute Gasteiger partial charge is 0.150 e. The first kappa shape index (κ1) is 9.63. The van der Waals surface area contributed by atoms with Crippen molar-refractivity contribution in [1.29, 1.82) is 5.26 Å². The maximum absolute atomic E-state index is 10.6. The van der Waals surface area contributed by atoms with Gasteiger partial charge in [-0.2, -0.15) is 5.26 Å². The van der Waals surface area contributed by atoms with Crippen LogP contribution in [0.5, 0.6) is 0 Å². The Hall–Kier alpha value is -1.92. The second kappa shape index (κ2) is 4.07. The van der Waals surface area contributed by atoms with E-state index in [2.05, 4.69) is 6.07 Å². The van der Waals surface area contributed by atoms with Crippen molar-refractivity contribution in [2.75, 3.05) is 0 Å². The Balaban J connectivity index is 2.45. The van der Waals surface area contributed by atoms with Crippen molar-refractivity contribution in [1.82, 2.24) is 0 Å². The summed E-state index contributed by atoms with van der Waals surface area (Å²) in [5, 5.41) is 8.70. The van der Waals surface area contributed by atoms with Crippen LogP contribution in [0.3, 0.4) is 0 Å². The fraction of sp³-hybridized carbons (Fsp3) is 0. The van der Waals surface area contributed by atoms with Gasteiger partial charge in [-0.25, -0.2) is 0 Å². The topological polar surface area (TPSA) is 40.9 Å². The predicted octanol–water partition coefficient (Wildman–Crippen LogP) is 3.10. The van der Waals surface area contributed by atoms with E-state index in [1.807, 2.05) is 24.3 Å². The number of aldehydes is 1. The van der Waals surface area contributed by atoms with Crippen molar-refractivity contribution >= 4 is 17.6 Å². The third-order valence-electron chi connectivity index (χ3n) is 2.02. The lowest BCUT2D eigenvalue weighted by Gasteiger charge is -1.97. The van der Waals surface area contributed by atoms with E-state index in [1.54, 1.807) is 12.1 Å². The molecule has 72 valence electrons. The molecule has 0 spiro atoms. The number of thiophene rings is 1. The number of nitrogens with zero attached hydrogens (tertiary/aromatic N) is 1. The van der Waals surface area contributed by atoms with Gasteiger partial charge in [-0.05, 0) is 23.8 Å². The van der Waals surface area contributed by atoms with Gasteiger partial charge in [0.15, 0.2) is 0 Å². The Labute approximate surface area is 91.4 Å². The number of carbonyl (C=O) groups excluding carboxylic acids is 1. The number of hydrogen-bond donors (Lipinski definition) is 0. The summed E-state index contributed by atoms with van der Waals surface area (Å²) in [6.45, 7) is 0. The van der Waals surface area contributed by atoms with Crippen LogP contribution in [0.1, 0.15) is 15.2 Å². The van der Waals surface area contributed by atoms with Crippen LogP contribution in [0.4, 0.5) is 0 Å². The summed E-state index contributed by atoms with van der Waals surface area (Å²) in [7, 11) is 0. The Morgan fingerprint density at radius 1 is 1.27 bits per heavy atom. The SMILES string of the molecule is N#Cc1ccc(-c2cccc(C=O)c2)s1. The lowest BCUT2D eigenvalue weighted by molar-refractivity contribution is 0.112. The van der Waals surface area contributed by atoms with Gasteiger partial charge in [-0.15, -0.1) is 11.3 Å². The molecule has 1 heterocycles. The van der Waals surface area contributed by atoms with Gasteiger partial charge in [0.05, 0.1) is 0 Å². The summed E-state index contributed by atoms with van der Waals surface area (Å²) in [5.74, 6) is 0. The Bertz CT molecular complexity index is 537. The average molecular weight is 213 g/mol. The predicted molar refractivity (Wildman–Crippen MR) is 59.9 cm³/mol. The molecule has 0 aliphatic carbocycles. The fourth-order valence-corrected chi connectivity index (χ4v) is 2.12. The Kier molecular flexibility index (Phi) is 2.61. The summed E-state index contributed by atoms with van der Waals surface area (Å²) in [5.41, 5.74) is 1.63. The Morgan fingerprint density at radius 2 is 2.13 bits per heavy atom. The van der Waals surface area contributed by atoms with E-state index in [9.17, 15) is 4.79 Å². The number of nitriles is 1. The number of rotatable bonds is 2. The second-order valence-corrected chi connectivity index (χ2v) is 4.10. The van der Waals surface area contributed by atoms with E-state index in [1.165, 1.54) is 11.3 Å². The van der Waals surface area contributed by atoms with Crippen LogP contribution in [0.15, 0.2) is 36.4 Å². The van der Waals surface area contributed by atoms with E-state index in [0.717, 1.165) is 16.7 Å². The fourth-order valence-electron chi connectivity index (χ4n) is 1.32. The highest BCUT2D eigenvalue weighted by Gasteiger charge is 2.02. The van der Waals surface area contributed by atoms with Crippen LogP contribution in [0.25, 0.3) is 10.4 Å². The Morgan fingerprint density at radius 3 is 2.80 bits per heavy atom. The van der Waals surface area contributed by atoms with Gasteiger partial charge in [-0.3, -0.25) is 4.79 Å². The molecule has 0 aliphatic rings. The summed E-state index contributed by atoms with van der Waals surface area (Å²) < 4.78 is 0. The van der Waals surface area contributed by atoms with E-state index in [4.69, 9.17) is 5.26 Å². The zero-order chi connectivity index (χ0) is 10.7. The normalized spacial score (nSPS) is 9.53. The maximum Gasteiger partial charge on any atom is 0.150 e. The molecule has 0 fully saturated rings. The molecular formula is C12H7NOS. The molecule has 2 aromatic rings. The highest BCUT2D eigenvalue weighted by Crippen LogP contribution is 2.27. The first-order valence-corrected chi connectivity index (χ1v) is 5.20. The molecule has 0 atom stereocenters. The number of hydrogen-bond acceptors (Lipinski definition) is 3. The van der Waals surface area contributed by atoms with Crippen LogP contribution in [-0.4, -0.2) is 6.29 Å². The van der Waals surface area contributed by atoms with E-state index < -0.39 is 0 Å². The van der Waals surface area contributed by atoms with Gasteiger partial charge >= 0.3 is 0 Å². The molecule has 0 saturated heterocycles. The molecule has 3 heteroatoms. The van der Waals surface area contributed by atoms with E-state index >= 15 is 0 Å². The number of benzene rings is 1. The van der Waals surface area contributed by atoms with Gasteiger partial charge in [0, 0.05) is 10.4 Å². The molecule has 1 aromatic heterocycles. The van der Waals surface area contributed by atoms with Crippen molar-refractivity contribution in [3.05, 3.63) is 46.8 Å². The van der Waals surface area contributed by atoms with E-state index in [0.29, 0.717) is 10.4 Å². The second-order valence-electron chi connectivity index (χ2n) is 3.02. The first-order chi connectivity index (χ1) is 7.33. The van der Waals surface area contributed by atoms with Crippen molar-refractivity contribution < 1.29 is 4.79 Å². The summed E-state index contributed by atoms with van der Waals surface area (Å²) in [4.78, 5) is 12.3. The third-order valence-corrected chi connectivity index (χ3v) is 3.06. The lowest BCUT2D eigenvalue weighted by atomic mass is 10.1. The van der Waals surface area contributed by atoms with Crippen molar-refractivity contribution in [3.8, 4) is 16.5 Å². The highest BCUT2D eigenvalue weighted by molar-refractivity contribution is 7.16. The molecule has 2 rings (SSSR count). The standard InChI is InChI=1S/C12H7NOS/c13-7-11-4-5-12(15-11)10-3-1-2-9(6-10)8-14/h1-6,8H. The zero-order valence-electron chi connectivity index (χ0n) is 7.81. The van der Waals surface area contributed by atoms with Crippen LogP contribution in [-0.2, 0) is 0 Å². The maximum atomic E-state index is 10.6. The van der Waals surface area contributed by atoms with Crippen LogP contribution in [0, 0.1) is 11.3 Å². The molecule has 0 bridgehead atoms. The first-order valence-electron chi connectivity index (χ1n) is 4.39. The molecule has 15 heavy (non-hydrogen) atoms. The largest absolute Gasteiger partial charge is 0.298 e. The van der Waals surface area contributed by atoms with E-state index in [-0.39, 0.29) is 0 Å². The molecule has 1 aromatic carbocycles. The quantitative estimate of drug-likeness (QED) is 0.719. The van der Waals surface area contributed by atoms with Crippen LogP contribution >= 0.6 is 11.3 Å². The van der Waals surface area contributed by atoms with Gasteiger partial charge in [-0.1, -0.05) is 18.2 Å². The summed E-state index contributed by atoms with van der Waals surface area (Å²) >= 11 is 1.43. The van der Waals surface area contributed by atoms with Crippen molar-refractivity contribution in [2.45, 2.75) is 0 Å². The van der Waals surface area contributed by atoms with Crippen LogP contribution < -0.4 is 0 Å². The summed E-state index contributed by atoms with van der Waals surface area (Å²) in [6.07, 6.45) is 0.822. The monoisotopic (exact) mass is 213 g/mol. The van der Waals surface area contributed by atoms with Crippen molar-refractivity contribution in [2.24, 2.45) is 0 Å². The van der Waals surface area contributed by atoms with Crippen LogP contribution in [0.2, 0.25) is 0 Å². The molecular weight excluding hydrogens is 206 g/mol. The number of carbonyl (C=O) groups is 1. The molecule has 0 radical (unpaired) electrons. The third kappa shape index (κ3) is 1.95. The highest BCUT2D eigenvalue weighted by atomic mass is 32.1. The molecule has 2 nitrogen and oxygen atoms in total. The minimum absolute atomic E-state index is 0.652. The molecule has 0 saturated carbocycles. The minimum Gasteiger partial charge on any atom is -0.298 e. The molecule has 0 N–H and O–H groups in total. The minimum atomic E-state index is 0.652. The average Bonchev–Trinajstić information content (AvgIpc) is 2.78.